The van der Waals surface area contributed by atoms with Crippen molar-refractivity contribution < 1.29 is 4.39 Å². The molecule has 1 unspecified atom stereocenters. The maximum absolute atomic E-state index is 12.9. The minimum atomic E-state index is -0.276. The molecule has 0 spiro atoms. The number of nitrogens with one attached hydrogen (secondary N) is 1. The summed E-state index contributed by atoms with van der Waals surface area (Å²) in [5, 5.41) is 3.28. The molecule has 0 radical (unpaired) electrons. The summed E-state index contributed by atoms with van der Waals surface area (Å²) in [5.41, 5.74) is 1.42. The van der Waals surface area contributed by atoms with Gasteiger partial charge in [0.1, 0.15) is 5.82 Å². The van der Waals surface area contributed by atoms with Crippen molar-refractivity contribution in [3.63, 3.8) is 0 Å². The Bertz CT molecular complexity index is 406. The molecule has 0 aliphatic carbocycles. The van der Waals surface area contributed by atoms with Crippen molar-refractivity contribution >= 4 is 0 Å². The fourth-order valence-electron chi connectivity index (χ4n) is 2.73. The minimum absolute atomic E-state index is 0.200. The van der Waals surface area contributed by atoms with Gasteiger partial charge in [-0.2, -0.15) is 0 Å². The van der Waals surface area contributed by atoms with Crippen LogP contribution in [-0.4, -0.2) is 36.6 Å². The van der Waals surface area contributed by atoms with E-state index in [4.69, 9.17) is 0 Å². The first-order valence-electron chi connectivity index (χ1n) is 7.51. The Labute approximate surface area is 121 Å². The van der Waals surface area contributed by atoms with Crippen molar-refractivity contribution in [2.45, 2.75) is 39.2 Å². The van der Waals surface area contributed by atoms with Gasteiger partial charge in [-0.1, -0.05) is 13.8 Å². The summed E-state index contributed by atoms with van der Waals surface area (Å²) in [6, 6.07) is 3.46. The molecule has 112 valence electrons. The summed E-state index contributed by atoms with van der Waals surface area (Å²) in [5.74, 6) is -0.276. The van der Waals surface area contributed by atoms with Crippen LogP contribution in [0.5, 0.6) is 0 Å². The summed E-state index contributed by atoms with van der Waals surface area (Å²) < 4.78 is 12.9. The summed E-state index contributed by atoms with van der Waals surface area (Å²) in [4.78, 5) is 6.71. The highest BCUT2D eigenvalue weighted by Crippen LogP contribution is 2.30. The van der Waals surface area contributed by atoms with E-state index >= 15 is 0 Å². The Morgan fingerprint density at radius 3 is 2.60 bits per heavy atom. The van der Waals surface area contributed by atoms with E-state index in [2.05, 4.69) is 29.0 Å². The van der Waals surface area contributed by atoms with Gasteiger partial charge in [0.2, 0.25) is 0 Å². The van der Waals surface area contributed by atoms with Crippen LogP contribution in [0.25, 0.3) is 0 Å². The Balaban J connectivity index is 1.84. The third kappa shape index (κ3) is 4.25. The highest BCUT2D eigenvalue weighted by atomic mass is 19.1. The summed E-state index contributed by atoms with van der Waals surface area (Å²) in [6.07, 6.45) is 4.84. The minimum Gasteiger partial charge on any atom is -0.312 e. The molecule has 20 heavy (non-hydrogen) atoms. The van der Waals surface area contributed by atoms with Gasteiger partial charge >= 0.3 is 0 Å². The van der Waals surface area contributed by atoms with Crippen molar-refractivity contribution in [2.24, 2.45) is 5.41 Å². The van der Waals surface area contributed by atoms with Crippen molar-refractivity contribution in [1.82, 2.24) is 15.2 Å². The molecule has 2 rings (SSSR count). The van der Waals surface area contributed by atoms with Gasteiger partial charge in [0.05, 0.1) is 17.9 Å². The normalized spacial score (nSPS) is 20.8. The number of nitrogens with zero attached hydrogens (tertiary/aromatic N) is 2. The molecule has 1 aliphatic heterocycles. The molecule has 1 aromatic heterocycles. The molecule has 1 aromatic rings. The molecule has 1 aliphatic rings. The molecule has 1 saturated heterocycles. The average molecular weight is 279 g/mol. The number of rotatable bonds is 5. The lowest BCUT2D eigenvalue weighted by atomic mass is 9.82. The van der Waals surface area contributed by atoms with Crippen LogP contribution in [-0.2, 0) is 0 Å². The van der Waals surface area contributed by atoms with E-state index in [1.165, 1.54) is 38.2 Å². The number of aromatic nitrogens is 1. The molecule has 0 bridgehead atoms. The number of piperidine rings is 1. The van der Waals surface area contributed by atoms with Crippen LogP contribution in [0, 0.1) is 11.2 Å². The number of halogens is 1. The average Bonchev–Trinajstić information content (AvgIpc) is 2.43. The Morgan fingerprint density at radius 1 is 1.35 bits per heavy atom. The van der Waals surface area contributed by atoms with Crippen LogP contribution >= 0.6 is 0 Å². The quantitative estimate of drug-likeness (QED) is 0.898. The molecule has 1 atom stereocenters. The molecule has 3 nitrogen and oxygen atoms in total. The lowest BCUT2D eigenvalue weighted by Gasteiger charge is -2.37. The summed E-state index contributed by atoms with van der Waals surface area (Å²) in [7, 11) is 1.94. The van der Waals surface area contributed by atoms with Crippen molar-refractivity contribution in [2.75, 3.05) is 26.7 Å². The van der Waals surface area contributed by atoms with Gasteiger partial charge in [-0.15, -0.1) is 0 Å². The van der Waals surface area contributed by atoms with Gasteiger partial charge in [-0.3, -0.25) is 4.98 Å². The van der Waals surface area contributed by atoms with E-state index in [-0.39, 0.29) is 11.9 Å². The number of likely N-dealkylation sites (tertiary alicyclic amines) is 1. The zero-order valence-electron chi connectivity index (χ0n) is 12.8. The Kier molecular flexibility index (Phi) is 5.11. The molecule has 0 aromatic carbocycles. The number of hydrogen-bond acceptors (Lipinski definition) is 3. The van der Waals surface area contributed by atoms with Crippen LogP contribution in [0.4, 0.5) is 4.39 Å². The van der Waals surface area contributed by atoms with Crippen LogP contribution < -0.4 is 5.32 Å². The predicted molar refractivity (Wildman–Crippen MR) is 80.1 cm³/mol. The maximum Gasteiger partial charge on any atom is 0.141 e. The van der Waals surface area contributed by atoms with Crippen molar-refractivity contribution in [3.8, 4) is 0 Å². The fourth-order valence-corrected chi connectivity index (χ4v) is 2.73. The second-order valence-electron chi connectivity index (χ2n) is 6.54. The van der Waals surface area contributed by atoms with Gasteiger partial charge < -0.3 is 10.2 Å². The van der Waals surface area contributed by atoms with Gasteiger partial charge in [-0.25, -0.2) is 4.39 Å². The van der Waals surface area contributed by atoms with E-state index in [0.29, 0.717) is 5.41 Å². The molecule has 1 fully saturated rings. The third-order valence-corrected chi connectivity index (χ3v) is 4.40. The summed E-state index contributed by atoms with van der Waals surface area (Å²) >= 11 is 0. The molecule has 0 saturated carbocycles. The third-order valence-electron chi connectivity index (χ3n) is 4.40. The van der Waals surface area contributed by atoms with Crippen LogP contribution in [0.1, 0.15) is 44.8 Å². The molecule has 1 N–H and O–H groups in total. The van der Waals surface area contributed by atoms with E-state index in [9.17, 15) is 4.39 Å². The monoisotopic (exact) mass is 279 g/mol. The molecule has 0 amide bonds. The number of hydrogen-bond donors (Lipinski definition) is 1. The lowest BCUT2D eigenvalue weighted by molar-refractivity contribution is 0.128. The first kappa shape index (κ1) is 15.4. The molecule has 2 heterocycles. The van der Waals surface area contributed by atoms with Crippen molar-refractivity contribution in [1.29, 1.82) is 0 Å². The lowest BCUT2D eigenvalue weighted by Crippen LogP contribution is -2.38. The van der Waals surface area contributed by atoms with Gasteiger partial charge in [0.25, 0.3) is 0 Å². The van der Waals surface area contributed by atoms with Gasteiger partial charge in [0, 0.05) is 0 Å². The smallest absolute Gasteiger partial charge is 0.141 e. The SMILES string of the molecule is CNC(CCN1CCC(C)(C)CC1)c1ccc(F)cn1. The van der Waals surface area contributed by atoms with Crippen LogP contribution in [0.3, 0.4) is 0 Å². The van der Waals surface area contributed by atoms with Crippen LogP contribution in [0.15, 0.2) is 18.3 Å². The standard InChI is InChI=1S/C16H26FN3/c1-16(2)7-10-20(11-8-16)9-6-14(18-3)15-5-4-13(17)12-19-15/h4-5,12,14,18H,6-11H2,1-3H3. The maximum atomic E-state index is 12.9. The molecule has 4 heteroatoms. The fraction of sp³-hybridized carbons (Fsp3) is 0.688. The zero-order chi connectivity index (χ0) is 14.6. The summed E-state index contributed by atoms with van der Waals surface area (Å²) in [6.45, 7) is 8.13. The molecular weight excluding hydrogens is 253 g/mol. The van der Waals surface area contributed by atoms with E-state index in [0.717, 1.165) is 18.7 Å². The first-order chi connectivity index (χ1) is 9.50. The number of pyridine rings is 1. The highest BCUT2D eigenvalue weighted by Gasteiger charge is 2.25. The highest BCUT2D eigenvalue weighted by molar-refractivity contribution is 5.09. The van der Waals surface area contributed by atoms with Gasteiger partial charge in [0.15, 0.2) is 0 Å². The topological polar surface area (TPSA) is 28.2 Å². The largest absolute Gasteiger partial charge is 0.312 e. The second kappa shape index (κ2) is 6.64. The van der Waals surface area contributed by atoms with Crippen LogP contribution in [0.2, 0.25) is 0 Å². The second-order valence-corrected chi connectivity index (χ2v) is 6.54. The Hall–Kier alpha value is -1.00. The van der Waals surface area contributed by atoms with Gasteiger partial charge in [-0.05, 0) is 63.5 Å². The predicted octanol–water partition coefficient (Wildman–Crippen LogP) is 2.99. The van der Waals surface area contributed by atoms with Crippen molar-refractivity contribution in [3.05, 3.63) is 29.8 Å². The van der Waals surface area contributed by atoms with E-state index in [1.54, 1.807) is 6.07 Å². The Morgan fingerprint density at radius 2 is 2.05 bits per heavy atom. The first-order valence-corrected chi connectivity index (χ1v) is 7.51. The molecular formula is C16H26FN3. The zero-order valence-corrected chi connectivity index (χ0v) is 12.8. The van der Waals surface area contributed by atoms with E-state index < -0.39 is 0 Å². The van der Waals surface area contributed by atoms with E-state index in [1.807, 2.05) is 7.05 Å².